The number of carbonyl (C=O) groups excluding carboxylic acids is 2. The molecule has 0 saturated heterocycles. The van der Waals surface area contributed by atoms with Crippen molar-refractivity contribution < 1.29 is 32.2 Å². The van der Waals surface area contributed by atoms with Crippen LogP contribution in [-0.2, 0) is 19.6 Å². The molecule has 0 saturated carbocycles. The van der Waals surface area contributed by atoms with Crippen molar-refractivity contribution >= 4 is 37.7 Å². The van der Waals surface area contributed by atoms with Gasteiger partial charge in [-0.3, -0.25) is 9.59 Å². The first-order valence-electron chi connectivity index (χ1n) is 9.05. The van der Waals surface area contributed by atoms with Crippen LogP contribution in [0, 0.1) is 5.92 Å². The third-order valence-corrected chi connectivity index (χ3v) is 6.35. The highest BCUT2D eigenvalue weighted by Gasteiger charge is 2.30. The van der Waals surface area contributed by atoms with Gasteiger partial charge >= 0.3 is 5.97 Å². The largest absolute Gasteiger partial charge is 0.456 e. The van der Waals surface area contributed by atoms with Crippen LogP contribution in [0.15, 0.2) is 51.8 Å². The zero-order valence-corrected chi connectivity index (χ0v) is 18.7. The number of rotatable bonds is 8. The van der Waals surface area contributed by atoms with E-state index in [1.807, 2.05) is 0 Å². The molecule has 1 atom stereocenters. The monoisotopic (exact) mass is 497 g/mol. The standard InChI is InChI=1S/C20H20BrNO7S/c1-12(2)19(22-30(25,26)15-6-4-14(21)5-7-15)20(24)27-10-16(23)13-3-8-17-18(9-13)29-11-28-17/h3-9,12,19,22H,10-11H2,1-2H3. The third-order valence-electron chi connectivity index (χ3n) is 4.37. The van der Waals surface area contributed by atoms with Crippen molar-refractivity contribution in [2.75, 3.05) is 13.4 Å². The third kappa shape index (κ3) is 5.18. The Morgan fingerprint density at radius 2 is 1.77 bits per heavy atom. The maximum absolute atomic E-state index is 12.6. The van der Waals surface area contributed by atoms with Crippen LogP contribution in [0.1, 0.15) is 24.2 Å². The van der Waals surface area contributed by atoms with Gasteiger partial charge in [0.25, 0.3) is 0 Å². The number of sulfonamides is 1. The molecule has 1 heterocycles. The van der Waals surface area contributed by atoms with Crippen LogP contribution in [0.3, 0.4) is 0 Å². The highest BCUT2D eigenvalue weighted by atomic mass is 79.9. The Morgan fingerprint density at radius 3 is 2.43 bits per heavy atom. The molecule has 0 radical (unpaired) electrons. The number of hydrogen-bond donors (Lipinski definition) is 1. The van der Waals surface area contributed by atoms with Gasteiger partial charge in [-0.1, -0.05) is 29.8 Å². The first-order valence-corrected chi connectivity index (χ1v) is 11.3. The van der Waals surface area contributed by atoms with Gasteiger partial charge in [0.15, 0.2) is 23.9 Å². The number of benzene rings is 2. The molecule has 0 aliphatic carbocycles. The van der Waals surface area contributed by atoms with E-state index in [1.54, 1.807) is 38.1 Å². The van der Waals surface area contributed by atoms with E-state index in [0.29, 0.717) is 17.1 Å². The number of hydrogen-bond acceptors (Lipinski definition) is 7. The minimum atomic E-state index is -3.95. The van der Waals surface area contributed by atoms with Gasteiger partial charge in [0, 0.05) is 10.0 Å². The second-order valence-electron chi connectivity index (χ2n) is 6.90. The van der Waals surface area contributed by atoms with Gasteiger partial charge in [-0.15, -0.1) is 0 Å². The van der Waals surface area contributed by atoms with Crippen molar-refractivity contribution in [1.29, 1.82) is 0 Å². The van der Waals surface area contributed by atoms with E-state index in [2.05, 4.69) is 20.7 Å². The van der Waals surface area contributed by atoms with E-state index in [0.717, 1.165) is 4.47 Å². The molecule has 1 N–H and O–H groups in total. The molecule has 0 fully saturated rings. The molecule has 0 aromatic heterocycles. The lowest BCUT2D eigenvalue weighted by Crippen LogP contribution is -2.45. The Morgan fingerprint density at radius 1 is 1.10 bits per heavy atom. The van der Waals surface area contributed by atoms with Crippen molar-refractivity contribution in [1.82, 2.24) is 4.72 Å². The van der Waals surface area contributed by atoms with Gasteiger partial charge in [0.2, 0.25) is 16.8 Å². The number of Topliss-reactive ketones (excluding diaryl/α,β-unsaturated/α-hetero) is 1. The molecule has 30 heavy (non-hydrogen) atoms. The van der Waals surface area contributed by atoms with Gasteiger partial charge in [-0.2, -0.15) is 4.72 Å². The maximum atomic E-state index is 12.6. The molecule has 10 heteroatoms. The number of carbonyl (C=O) groups is 2. The summed E-state index contributed by atoms with van der Waals surface area (Å²) in [7, 11) is -3.95. The Balaban J connectivity index is 1.65. The van der Waals surface area contributed by atoms with E-state index in [9.17, 15) is 18.0 Å². The molecule has 1 aliphatic heterocycles. The maximum Gasteiger partial charge on any atom is 0.324 e. The lowest BCUT2D eigenvalue weighted by molar-refractivity contribution is -0.145. The van der Waals surface area contributed by atoms with E-state index in [1.165, 1.54) is 18.2 Å². The Hall–Kier alpha value is -2.43. The fraction of sp³-hybridized carbons (Fsp3) is 0.300. The van der Waals surface area contributed by atoms with Crippen molar-refractivity contribution in [2.45, 2.75) is 24.8 Å². The van der Waals surface area contributed by atoms with Crippen LogP contribution in [0.5, 0.6) is 11.5 Å². The zero-order valence-electron chi connectivity index (χ0n) is 16.3. The summed E-state index contributed by atoms with van der Waals surface area (Å²) in [6.45, 7) is 2.91. The first kappa shape index (κ1) is 22.3. The molecular weight excluding hydrogens is 478 g/mol. The molecule has 1 aliphatic rings. The molecule has 1 unspecified atom stereocenters. The zero-order chi connectivity index (χ0) is 21.9. The number of ketones is 1. The van der Waals surface area contributed by atoms with Crippen LogP contribution in [0.2, 0.25) is 0 Å². The summed E-state index contributed by atoms with van der Waals surface area (Å²) in [5.74, 6) is -0.705. The molecule has 2 aromatic carbocycles. The number of ether oxygens (including phenoxy) is 3. The van der Waals surface area contributed by atoms with Crippen LogP contribution in [-0.4, -0.2) is 39.6 Å². The second kappa shape index (κ2) is 9.15. The average Bonchev–Trinajstić information content (AvgIpc) is 3.18. The molecule has 3 rings (SSSR count). The lowest BCUT2D eigenvalue weighted by Gasteiger charge is -2.20. The summed E-state index contributed by atoms with van der Waals surface area (Å²) in [5, 5.41) is 0. The molecule has 0 spiro atoms. The molecule has 0 bridgehead atoms. The average molecular weight is 498 g/mol. The molecule has 0 amide bonds. The smallest absolute Gasteiger partial charge is 0.324 e. The van der Waals surface area contributed by atoms with Crippen molar-refractivity contribution in [3.8, 4) is 11.5 Å². The minimum Gasteiger partial charge on any atom is -0.456 e. The summed E-state index contributed by atoms with van der Waals surface area (Å²) >= 11 is 3.24. The lowest BCUT2D eigenvalue weighted by atomic mass is 10.1. The summed E-state index contributed by atoms with van der Waals surface area (Å²) in [4.78, 5) is 24.9. The van der Waals surface area contributed by atoms with Gasteiger partial charge in [0.05, 0.1) is 4.90 Å². The number of halogens is 1. The topological polar surface area (TPSA) is 108 Å². The first-order chi connectivity index (χ1) is 14.2. The van der Waals surface area contributed by atoms with Gasteiger partial charge in [-0.05, 0) is 48.4 Å². The van der Waals surface area contributed by atoms with Gasteiger partial charge < -0.3 is 14.2 Å². The van der Waals surface area contributed by atoms with E-state index in [-0.39, 0.29) is 11.7 Å². The molecule has 160 valence electrons. The summed E-state index contributed by atoms with van der Waals surface area (Å²) in [5.41, 5.74) is 0.295. The summed E-state index contributed by atoms with van der Waals surface area (Å²) in [6, 6.07) is 9.50. The Labute approximate surface area is 182 Å². The molecule has 8 nitrogen and oxygen atoms in total. The fourth-order valence-corrected chi connectivity index (χ4v) is 4.28. The summed E-state index contributed by atoms with van der Waals surface area (Å²) < 4.78 is 43.8. The number of esters is 1. The van der Waals surface area contributed by atoms with Crippen molar-refractivity contribution in [2.24, 2.45) is 5.92 Å². The normalized spacial score (nSPS) is 13.9. The predicted octanol–water partition coefficient (Wildman–Crippen LogP) is 2.91. The van der Waals surface area contributed by atoms with Crippen LogP contribution >= 0.6 is 15.9 Å². The quantitative estimate of drug-likeness (QED) is 0.441. The number of fused-ring (bicyclic) bond motifs is 1. The fourth-order valence-electron chi connectivity index (χ4n) is 2.69. The highest BCUT2D eigenvalue weighted by Crippen LogP contribution is 2.32. The summed E-state index contributed by atoms with van der Waals surface area (Å²) in [6.07, 6.45) is 0. The van der Waals surface area contributed by atoms with Crippen LogP contribution in [0.4, 0.5) is 0 Å². The van der Waals surface area contributed by atoms with Gasteiger partial charge in [-0.25, -0.2) is 8.42 Å². The van der Waals surface area contributed by atoms with Crippen molar-refractivity contribution in [3.63, 3.8) is 0 Å². The van der Waals surface area contributed by atoms with Crippen LogP contribution in [0.25, 0.3) is 0 Å². The predicted molar refractivity (Wildman–Crippen MR) is 111 cm³/mol. The van der Waals surface area contributed by atoms with E-state index in [4.69, 9.17) is 14.2 Å². The highest BCUT2D eigenvalue weighted by molar-refractivity contribution is 9.10. The Bertz CT molecular complexity index is 1050. The minimum absolute atomic E-state index is 0.0144. The van der Waals surface area contributed by atoms with Gasteiger partial charge in [0.1, 0.15) is 6.04 Å². The second-order valence-corrected chi connectivity index (χ2v) is 9.53. The molecular formula is C20H20BrNO7S. The van der Waals surface area contributed by atoms with E-state index < -0.39 is 40.3 Å². The van der Waals surface area contributed by atoms with Crippen molar-refractivity contribution in [3.05, 3.63) is 52.5 Å². The number of nitrogens with one attached hydrogen (secondary N) is 1. The van der Waals surface area contributed by atoms with Crippen LogP contribution < -0.4 is 14.2 Å². The SMILES string of the molecule is CC(C)C(NS(=O)(=O)c1ccc(Br)cc1)C(=O)OCC(=O)c1ccc2c(c1)OCO2. The molecule has 2 aromatic rings. The van der Waals surface area contributed by atoms with E-state index >= 15 is 0 Å². The Kier molecular flexibility index (Phi) is 6.79.